The van der Waals surface area contributed by atoms with E-state index in [4.69, 9.17) is 14.3 Å². The zero-order valence-electron chi connectivity index (χ0n) is 11.4. The number of furan rings is 1. The van der Waals surface area contributed by atoms with Gasteiger partial charge in [-0.25, -0.2) is 4.79 Å². The van der Waals surface area contributed by atoms with E-state index < -0.39 is 5.97 Å². The molecule has 0 aliphatic heterocycles. The second-order valence-electron chi connectivity index (χ2n) is 4.39. The molecule has 20 heavy (non-hydrogen) atoms. The average molecular weight is 292 g/mol. The molecule has 106 valence electrons. The van der Waals surface area contributed by atoms with Gasteiger partial charge in [-0.05, 0) is 43.2 Å². The number of carbonyl (C=O) groups is 1. The first-order chi connectivity index (χ1) is 9.56. The van der Waals surface area contributed by atoms with Crippen LogP contribution in [-0.2, 0) is 0 Å². The number of ether oxygens (including phenoxy) is 1. The molecule has 0 saturated heterocycles. The third-order valence-electron chi connectivity index (χ3n) is 2.72. The van der Waals surface area contributed by atoms with Crippen molar-refractivity contribution in [2.45, 2.75) is 18.9 Å². The van der Waals surface area contributed by atoms with Gasteiger partial charge in [0.25, 0.3) is 0 Å². The van der Waals surface area contributed by atoms with Crippen LogP contribution in [0.1, 0.15) is 21.7 Å². The van der Waals surface area contributed by atoms with Gasteiger partial charge in [-0.3, -0.25) is 0 Å². The summed E-state index contributed by atoms with van der Waals surface area (Å²) < 4.78 is 10.9. The number of carboxylic acid groups (broad SMARTS) is 1. The standard InChI is InChI=1S/C15H16O4S/c1-10-3-4-11(2)13(9-10)18-7-8-20-14-6-5-12(19-14)15(16)17/h3-6,9H,7-8H2,1-2H3,(H,16,17). The molecule has 5 heteroatoms. The van der Waals surface area contributed by atoms with E-state index in [1.165, 1.54) is 17.8 Å². The molecular formula is C15H16O4S. The fourth-order valence-electron chi connectivity index (χ4n) is 1.67. The highest BCUT2D eigenvalue weighted by Gasteiger charge is 2.09. The molecule has 2 aromatic rings. The van der Waals surface area contributed by atoms with E-state index in [1.807, 2.05) is 32.0 Å². The van der Waals surface area contributed by atoms with Crippen LogP contribution in [-0.4, -0.2) is 23.4 Å². The van der Waals surface area contributed by atoms with Crippen LogP contribution in [0.2, 0.25) is 0 Å². The highest BCUT2D eigenvalue weighted by atomic mass is 32.2. The average Bonchev–Trinajstić information content (AvgIpc) is 2.87. The largest absolute Gasteiger partial charge is 0.492 e. The molecule has 0 aliphatic rings. The van der Waals surface area contributed by atoms with E-state index in [0.29, 0.717) is 17.5 Å². The Kier molecular flexibility index (Phi) is 4.74. The van der Waals surface area contributed by atoms with Gasteiger partial charge in [0.15, 0.2) is 5.09 Å². The number of carboxylic acids is 1. The first-order valence-electron chi connectivity index (χ1n) is 6.22. The van der Waals surface area contributed by atoms with E-state index in [9.17, 15) is 4.79 Å². The van der Waals surface area contributed by atoms with Gasteiger partial charge in [-0.2, -0.15) is 0 Å². The molecule has 0 spiro atoms. The monoisotopic (exact) mass is 292 g/mol. The van der Waals surface area contributed by atoms with Crippen molar-refractivity contribution in [2.24, 2.45) is 0 Å². The van der Waals surface area contributed by atoms with Crippen molar-refractivity contribution in [1.82, 2.24) is 0 Å². The van der Waals surface area contributed by atoms with Gasteiger partial charge < -0.3 is 14.3 Å². The zero-order valence-corrected chi connectivity index (χ0v) is 12.2. The van der Waals surface area contributed by atoms with Crippen molar-refractivity contribution < 1.29 is 19.1 Å². The number of benzene rings is 1. The lowest BCUT2D eigenvalue weighted by molar-refractivity contribution is 0.0656. The molecular weight excluding hydrogens is 276 g/mol. The summed E-state index contributed by atoms with van der Waals surface area (Å²) in [6.07, 6.45) is 0. The van der Waals surface area contributed by atoms with Gasteiger partial charge >= 0.3 is 5.97 Å². The summed E-state index contributed by atoms with van der Waals surface area (Å²) in [5.74, 6) is 0.489. The number of aromatic carboxylic acids is 1. The Labute approximate surface area is 121 Å². The fraction of sp³-hybridized carbons (Fsp3) is 0.267. The van der Waals surface area contributed by atoms with Crippen LogP contribution >= 0.6 is 11.8 Å². The van der Waals surface area contributed by atoms with Crippen LogP contribution in [0.5, 0.6) is 5.75 Å². The van der Waals surface area contributed by atoms with Crippen LogP contribution in [0.4, 0.5) is 0 Å². The maximum atomic E-state index is 10.7. The lowest BCUT2D eigenvalue weighted by Crippen LogP contribution is -2.01. The summed E-state index contributed by atoms with van der Waals surface area (Å²) in [4.78, 5) is 10.7. The molecule has 0 radical (unpaired) electrons. The quantitative estimate of drug-likeness (QED) is 0.649. The van der Waals surface area contributed by atoms with Gasteiger partial charge in [0.2, 0.25) is 5.76 Å². The second kappa shape index (κ2) is 6.52. The Morgan fingerprint density at radius 2 is 2.10 bits per heavy atom. The molecule has 0 amide bonds. The second-order valence-corrected chi connectivity index (χ2v) is 5.49. The van der Waals surface area contributed by atoms with Crippen molar-refractivity contribution >= 4 is 17.7 Å². The molecule has 0 unspecified atom stereocenters. The summed E-state index contributed by atoms with van der Waals surface area (Å²) in [5, 5.41) is 9.34. The lowest BCUT2D eigenvalue weighted by atomic mass is 10.1. The maximum absolute atomic E-state index is 10.7. The molecule has 0 aliphatic carbocycles. The van der Waals surface area contributed by atoms with Gasteiger partial charge in [-0.1, -0.05) is 23.9 Å². The smallest absolute Gasteiger partial charge is 0.371 e. The molecule has 1 heterocycles. The Morgan fingerprint density at radius 3 is 2.80 bits per heavy atom. The summed E-state index contributed by atoms with van der Waals surface area (Å²) >= 11 is 1.43. The lowest BCUT2D eigenvalue weighted by Gasteiger charge is -2.09. The SMILES string of the molecule is Cc1ccc(C)c(OCCSc2ccc(C(=O)O)o2)c1. The summed E-state index contributed by atoms with van der Waals surface area (Å²) in [6.45, 7) is 4.57. The summed E-state index contributed by atoms with van der Waals surface area (Å²) in [5.41, 5.74) is 2.27. The zero-order chi connectivity index (χ0) is 14.5. The predicted molar refractivity (Wildman–Crippen MR) is 77.8 cm³/mol. The molecule has 0 atom stereocenters. The van der Waals surface area contributed by atoms with Crippen molar-refractivity contribution in [2.75, 3.05) is 12.4 Å². The Hall–Kier alpha value is -1.88. The third-order valence-corrected chi connectivity index (χ3v) is 3.60. The van der Waals surface area contributed by atoms with Gasteiger partial charge in [0.1, 0.15) is 5.75 Å². The van der Waals surface area contributed by atoms with Crippen molar-refractivity contribution in [3.8, 4) is 5.75 Å². The first-order valence-corrected chi connectivity index (χ1v) is 7.21. The topological polar surface area (TPSA) is 59.7 Å². The third kappa shape index (κ3) is 3.81. The molecule has 2 rings (SSSR count). The summed E-state index contributed by atoms with van der Waals surface area (Å²) in [6, 6.07) is 9.20. The number of thioether (sulfide) groups is 1. The van der Waals surface area contributed by atoms with Crippen LogP contribution in [0, 0.1) is 13.8 Å². The van der Waals surface area contributed by atoms with Crippen molar-refractivity contribution in [1.29, 1.82) is 0 Å². The number of aryl methyl sites for hydroxylation is 2. The highest BCUT2D eigenvalue weighted by Crippen LogP contribution is 2.22. The van der Waals surface area contributed by atoms with Gasteiger partial charge in [-0.15, -0.1) is 0 Å². The Balaban J connectivity index is 1.81. The molecule has 1 N–H and O–H groups in total. The molecule has 1 aromatic heterocycles. The highest BCUT2D eigenvalue weighted by molar-refractivity contribution is 7.99. The van der Waals surface area contributed by atoms with Crippen LogP contribution < -0.4 is 4.74 Å². The Morgan fingerprint density at radius 1 is 1.30 bits per heavy atom. The Bertz CT molecular complexity index is 604. The minimum Gasteiger partial charge on any atom is -0.492 e. The van der Waals surface area contributed by atoms with Crippen LogP contribution in [0.15, 0.2) is 39.8 Å². The molecule has 0 bridgehead atoms. The van der Waals surface area contributed by atoms with E-state index in [0.717, 1.165) is 16.9 Å². The van der Waals surface area contributed by atoms with Gasteiger partial charge in [0.05, 0.1) is 6.61 Å². The van der Waals surface area contributed by atoms with E-state index >= 15 is 0 Å². The van der Waals surface area contributed by atoms with E-state index in [1.54, 1.807) is 6.07 Å². The van der Waals surface area contributed by atoms with Crippen LogP contribution in [0.25, 0.3) is 0 Å². The summed E-state index contributed by atoms with van der Waals surface area (Å²) in [7, 11) is 0. The van der Waals surface area contributed by atoms with E-state index in [2.05, 4.69) is 0 Å². The molecule has 4 nitrogen and oxygen atoms in total. The maximum Gasteiger partial charge on any atom is 0.371 e. The number of hydrogen-bond donors (Lipinski definition) is 1. The molecule has 0 fully saturated rings. The predicted octanol–water partition coefficient (Wildman–Crippen LogP) is 3.77. The van der Waals surface area contributed by atoms with Crippen molar-refractivity contribution in [3.05, 3.63) is 47.2 Å². The van der Waals surface area contributed by atoms with E-state index in [-0.39, 0.29) is 5.76 Å². The minimum absolute atomic E-state index is 0.0389. The molecule has 0 saturated carbocycles. The number of hydrogen-bond acceptors (Lipinski definition) is 4. The fourth-order valence-corrected chi connectivity index (χ4v) is 2.35. The normalized spacial score (nSPS) is 10.5. The number of rotatable bonds is 6. The van der Waals surface area contributed by atoms with Crippen LogP contribution in [0.3, 0.4) is 0 Å². The molecule has 1 aromatic carbocycles. The van der Waals surface area contributed by atoms with Gasteiger partial charge in [0, 0.05) is 5.75 Å². The van der Waals surface area contributed by atoms with Crippen molar-refractivity contribution in [3.63, 3.8) is 0 Å². The minimum atomic E-state index is -1.05. The first kappa shape index (κ1) is 14.5.